The SMILES string of the molecule is Cc1ccc([C@@H](O)CNC(=O)[C@H]2CC(=O)N(c3ccc(F)cc3)C2)o1. The quantitative estimate of drug-likeness (QED) is 0.867. The lowest BCUT2D eigenvalue weighted by molar-refractivity contribution is -0.126. The number of aryl methyl sites for hydroxylation is 1. The smallest absolute Gasteiger partial charge is 0.227 e. The maximum absolute atomic E-state index is 13.0. The van der Waals surface area contributed by atoms with E-state index in [0.717, 1.165) is 0 Å². The third kappa shape index (κ3) is 3.88. The molecule has 1 fully saturated rings. The molecule has 0 unspecified atom stereocenters. The van der Waals surface area contributed by atoms with Crippen LogP contribution in [-0.2, 0) is 9.59 Å². The first-order chi connectivity index (χ1) is 11.9. The van der Waals surface area contributed by atoms with E-state index in [1.807, 2.05) is 0 Å². The van der Waals surface area contributed by atoms with E-state index in [9.17, 15) is 19.1 Å². The van der Waals surface area contributed by atoms with Gasteiger partial charge in [0, 0.05) is 18.7 Å². The molecule has 1 saturated heterocycles. The number of anilines is 1. The summed E-state index contributed by atoms with van der Waals surface area (Å²) in [5.74, 6) is -0.325. The van der Waals surface area contributed by atoms with Crippen LogP contribution in [0.3, 0.4) is 0 Å². The second-order valence-electron chi connectivity index (χ2n) is 6.09. The summed E-state index contributed by atoms with van der Waals surface area (Å²) in [7, 11) is 0. The molecule has 7 heteroatoms. The van der Waals surface area contributed by atoms with Gasteiger partial charge in [0.05, 0.1) is 12.5 Å². The molecular formula is C18H19FN2O4. The van der Waals surface area contributed by atoms with Gasteiger partial charge in [-0.15, -0.1) is 0 Å². The van der Waals surface area contributed by atoms with Crippen LogP contribution in [0.4, 0.5) is 10.1 Å². The number of nitrogens with one attached hydrogen (secondary N) is 1. The first-order valence-electron chi connectivity index (χ1n) is 8.02. The second-order valence-corrected chi connectivity index (χ2v) is 6.09. The highest BCUT2D eigenvalue weighted by molar-refractivity contribution is 6.00. The van der Waals surface area contributed by atoms with E-state index in [0.29, 0.717) is 17.2 Å². The van der Waals surface area contributed by atoms with Crippen LogP contribution in [-0.4, -0.2) is 30.0 Å². The summed E-state index contributed by atoms with van der Waals surface area (Å²) in [6.07, 6.45) is -0.859. The molecule has 0 radical (unpaired) electrons. The zero-order valence-corrected chi connectivity index (χ0v) is 13.7. The fourth-order valence-corrected chi connectivity index (χ4v) is 2.83. The van der Waals surface area contributed by atoms with Gasteiger partial charge in [0.1, 0.15) is 23.4 Å². The van der Waals surface area contributed by atoms with Crippen LogP contribution >= 0.6 is 0 Å². The lowest BCUT2D eigenvalue weighted by Crippen LogP contribution is -2.35. The minimum atomic E-state index is -0.942. The Morgan fingerprint density at radius 1 is 1.36 bits per heavy atom. The molecule has 25 heavy (non-hydrogen) atoms. The van der Waals surface area contributed by atoms with Crippen molar-refractivity contribution in [3.63, 3.8) is 0 Å². The highest BCUT2D eigenvalue weighted by Crippen LogP contribution is 2.25. The number of hydrogen-bond donors (Lipinski definition) is 2. The maximum Gasteiger partial charge on any atom is 0.227 e. The number of aliphatic hydroxyl groups is 1. The van der Waals surface area contributed by atoms with E-state index < -0.39 is 12.0 Å². The highest BCUT2D eigenvalue weighted by atomic mass is 19.1. The van der Waals surface area contributed by atoms with Gasteiger partial charge in [0.15, 0.2) is 0 Å². The van der Waals surface area contributed by atoms with Crippen molar-refractivity contribution in [2.75, 3.05) is 18.0 Å². The number of furan rings is 1. The topological polar surface area (TPSA) is 82.8 Å². The van der Waals surface area contributed by atoms with Gasteiger partial charge in [-0.3, -0.25) is 9.59 Å². The van der Waals surface area contributed by atoms with Gasteiger partial charge in [0.25, 0.3) is 0 Å². The number of carbonyl (C=O) groups is 2. The molecule has 1 aromatic heterocycles. The lowest BCUT2D eigenvalue weighted by Gasteiger charge is -2.17. The average Bonchev–Trinajstić information content (AvgIpc) is 3.19. The first kappa shape index (κ1) is 17.2. The molecule has 0 spiro atoms. The summed E-state index contributed by atoms with van der Waals surface area (Å²) >= 11 is 0. The third-order valence-corrected chi connectivity index (χ3v) is 4.19. The van der Waals surface area contributed by atoms with E-state index in [1.165, 1.54) is 29.2 Å². The summed E-state index contributed by atoms with van der Waals surface area (Å²) < 4.78 is 18.3. The van der Waals surface area contributed by atoms with Crippen molar-refractivity contribution >= 4 is 17.5 Å². The Balaban J connectivity index is 1.56. The second kappa shape index (κ2) is 7.06. The van der Waals surface area contributed by atoms with Crippen molar-refractivity contribution in [1.29, 1.82) is 0 Å². The molecule has 2 heterocycles. The molecule has 0 bridgehead atoms. The lowest BCUT2D eigenvalue weighted by atomic mass is 10.1. The Labute approximate surface area is 144 Å². The van der Waals surface area contributed by atoms with Gasteiger partial charge in [-0.25, -0.2) is 4.39 Å². The van der Waals surface area contributed by atoms with Crippen LogP contribution in [0.15, 0.2) is 40.8 Å². The van der Waals surface area contributed by atoms with Crippen LogP contribution in [0.2, 0.25) is 0 Å². The number of amides is 2. The van der Waals surface area contributed by atoms with E-state index >= 15 is 0 Å². The van der Waals surface area contributed by atoms with Crippen molar-refractivity contribution in [2.24, 2.45) is 5.92 Å². The van der Waals surface area contributed by atoms with Gasteiger partial charge in [-0.05, 0) is 43.3 Å². The zero-order valence-electron chi connectivity index (χ0n) is 13.7. The Morgan fingerprint density at radius 2 is 2.08 bits per heavy atom. The van der Waals surface area contributed by atoms with Gasteiger partial charge in [-0.2, -0.15) is 0 Å². The third-order valence-electron chi connectivity index (χ3n) is 4.19. The Hall–Kier alpha value is -2.67. The largest absolute Gasteiger partial charge is 0.464 e. The molecule has 132 valence electrons. The fourth-order valence-electron chi connectivity index (χ4n) is 2.83. The molecule has 1 aliphatic heterocycles. The monoisotopic (exact) mass is 346 g/mol. The maximum atomic E-state index is 13.0. The van der Waals surface area contributed by atoms with Crippen molar-refractivity contribution in [3.05, 3.63) is 53.7 Å². The normalized spacial score (nSPS) is 18.4. The van der Waals surface area contributed by atoms with Crippen LogP contribution in [0.5, 0.6) is 0 Å². The molecule has 2 N–H and O–H groups in total. The number of hydrogen-bond acceptors (Lipinski definition) is 4. The molecule has 2 atom stereocenters. The minimum absolute atomic E-state index is 0.00697. The van der Waals surface area contributed by atoms with Crippen molar-refractivity contribution in [2.45, 2.75) is 19.4 Å². The zero-order chi connectivity index (χ0) is 18.0. The summed E-state index contributed by atoms with van der Waals surface area (Å²) in [5, 5.41) is 12.7. The van der Waals surface area contributed by atoms with Crippen LogP contribution < -0.4 is 10.2 Å². The van der Waals surface area contributed by atoms with E-state index in [4.69, 9.17) is 4.42 Å². The molecule has 1 aliphatic rings. The van der Waals surface area contributed by atoms with Gasteiger partial charge >= 0.3 is 0 Å². The number of aliphatic hydroxyl groups excluding tert-OH is 1. The number of rotatable bonds is 5. The number of nitrogens with zero attached hydrogens (tertiary/aromatic N) is 1. The first-order valence-corrected chi connectivity index (χ1v) is 8.02. The molecule has 0 aliphatic carbocycles. The highest BCUT2D eigenvalue weighted by Gasteiger charge is 2.35. The summed E-state index contributed by atoms with van der Waals surface area (Å²) in [5.41, 5.74) is 0.563. The van der Waals surface area contributed by atoms with E-state index in [1.54, 1.807) is 19.1 Å². The fraction of sp³-hybridized carbons (Fsp3) is 0.333. The molecule has 3 rings (SSSR count). The minimum Gasteiger partial charge on any atom is -0.464 e. The van der Waals surface area contributed by atoms with Crippen molar-refractivity contribution in [1.82, 2.24) is 5.32 Å². The molecule has 2 amide bonds. The predicted molar refractivity (Wildman–Crippen MR) is 88.3 cm³/mol. The molecule has 0 saturated carbocycles. The van der Waals surface area contributed by atoms with E-state index in [2.05, 4.69) is 5.32 Å². The van der Waals surface area contributed by atoms with Crippen LogP contribution in [0.25, 0.3) is 0 Å². The summed E-state index contributed by atoms with van der Waals surface area (Å²) in [6, 6.07) is 8.96. The predicted octanol–water partition coefficient (Wildman–Crippen LogP) is 1.93. The van der Waals surface area contributed by atoms with Gasteiger partial charge in [0.2, 0.25) is 11.8 Å². The van der Waals surface area contributed by atoms with Gasteiger partial charge in [-0.1, -0.05) is 0 Å². The Kier molecular flexibility index (Phi) is 4.85. The molecule has 2 aromatic rings. The summed E-state index contributed by atoms with van der Waals surface area (Å²) in [6.45, 7) is 2.00. The van der Waals surface area contributed by atoms with Crippen LogP contribution in [0.1, 0.15) is 24.0 Å². The number of benzene rings is 1. The standard InChI is InChI=1S/C18H19FN2O4/c1-11-2-7-16(25-11)15(22)9-20-18(24)12-8-17(23)21(10-12)14-5-3-13(19)4-6-14/h2-7,12,15,22H,8-10H2,1H3,(H,20,24)/t12-,15-/m0/s1. The number of carbonyl (C=O) groups excluding carboxylic acids is 2. The molecular weight excluding hydrogens is 327 g/mol. The van der Waals surface area contributed by atoms with E-state index in [-0.39, 0.29) is 37.1 Å². The van der Waals surface area contributed by atoms with Crippen molar-refractivity contribution < 1.29 is 23.5 Å². The Morgan fingerprint density at radius 3 is 2.72 bits per heavy atom. The summed E-state index contributed by atoms with van der Waals surface area (Å²) in [4.78, 5) is 25.9. The molecule has 1 aromatic carbocycles. The van der Waals surface area contributed by atoms with Gasteiger partial charge < -0.3 is 19.7 Å². The molecule has 6 nitrogen and oxygen atoms in total. The Bertz CT molecular complexity index is 772. The number of halogens is 1. The average molecular weight is 346 g/mol. The van der Waals surface area contributed by atoms with Crippen LogP contribution in [0, 0.1) is 18.7 Å². The van der Waals surface area contributed by atoms with Crippen molar-refractivity contribution in [3.8, 4) is 0 Å².